The van der Waals surface area contributed by atoms with Gasteiger partial charge in [0.1, 0.15) is 12.1 Å². The summed E-state index contributed by atoms with van der Waals surface area (Å²) in [5, 5.41) is 0. The topological polar surface area (TPSA) is 63.8 Å². The van der Waals surface area contributed by atoms with E-state index in [1.54, 1.807) is 18.5 Å². The Morgan fingerprint density at radius 1 is 1.29 bits per heavy atom. The van der Waals surface area contributed by atoms with Gasteiger partial charge in [-0.15, -0.1) is 0 Å². The zero-order chi connectivity index (χ0) is 12.3. The van der Waals surface area contributed by atoms with Crippen LogP contribution in [0.15, 0.2) is 36.9 Å². The fraction of sp³-hybridized carbons (Fsp3) is 0.167. The lowest BCUT2D eigenvalue weighted by Crippen LogP contribution is -2.29. The molecule has 0 aliphatic heterocycles. The number of nitrogens with zero attached hydrogens (tertiary/aromatic N) is 2. The lowest BCUT2D eigenvalue weighted by molar-refractivity contribution is 0.557. The van der Waals surface area contributed by atoms with Crippen LogP contribution in [0, 0.1) is 12.7 Å². The number of hydrogen-bond acceptors (Lipinski definition) is 4. The first-order valence-electron chi connectivity index (χ1n) is 5.19. The number of hydrogen-bond donors (Lipinski definition) is 2. The first-order valence-corrected chi connectivity index (χ1v) is 5.19. The van der Waals surface area contributed by atoms with Crippen LogP contribution in [0.25, 0.3) is 0 Å². The summed E-state index contributed by atoms with van der Waals surface area (Å²) in [5.74, 6) is 5.18. The van der Waals surface area contributed by atoms with E-state index in [4.69, 9.17) is 5.84 Å². The predicted molar refractivity (Wildman–Crippen MR) is 62.3 cm³/mol. The van der Waals surface area contributed by atoms with E-state index < -0.39 is 6.04 Å². The zero-order valence-electron chi connectivity index (χ0n) is 9.39. The molecule has 1 atom stereocenters. The Morgan fingerprint density at radius 3 is 2.59 bits per heavy atom. The van der Waals surface area contributed by atoms with E-state index in [0.717, 1.165) is 11.1 Å². The van der Waals surface area contributed by atoms with E-state index in [2.05, 4.69) is 15.4 Å². The molecule has 2 rings (SSSR count). The van der Waals surface area contributed by atoms with Gasteiger partial charge < -0.3 is 0 Å². The Morgan fingerprint density at radius 2 is 2.00 bits per heavy atom. The average molecular weight is 232 g/mol. The van der Waals surface area contributed by atoms with Crippen LogP contribution in [0.1, 0.15) is 22.7 Å². The third-order valence-corrected chi connectivity index (χ3v) is 2.55. The quantitative estimate of drug-likeness (QED) is 0.621. The van der Waals surface area contributed by atoms with E-state index in [-0.39, 0.29) is 5.82 Å². The number of nitrogens with one attached hydrogen (secondary N) is 1. The highest BCUT2D eigenvalue weighted by atomic mass is 19.1. The number of benzene rings is 1. The van der Waals surface area contributed by atoms with Crippen molar-refractivity contribution in [3.05, 3.63) is 59.4 Å². The SMILES string of the molecule is Cc1ccc(C(NN)c2cncnc2)c(F)c1. The smallest absolute Gasteiger partial charge is 0.128 e. The van der Waals surface area contributed by atoms with Gasteiger partial charge in [-0.25, -0.2) is 19.8 Å². The molecule has 1 aromatic carbocycles. The Bertz CT molecular complexity index is 501. The molecule has 3 N–H and O–H groups in total. The minimum Gasteiger partial charge on any atom is -0.271 e. The van der Waals surface area contributed by atoms with Crippen molar-refractivity contribution >= 4 is 0 Å². The maximum Gasteiger partial charge on any atom is 0.128 e. The molecule has 0 saturated heterocycles. The number of halogens is 1. The van der Waals surface area contributed by atoms with Gasteiger partial charge in [0.15, 0.2) is 0 Å². The van der Waals surface area contributed by atoms with Crippen LogP contribution in [0.2, 0.25) is 0 Å². The van der Waals surface area contributed by atoms with Gasteiger partial charge in [-0.1, -0.05) is 12.1 Å². The van der Waals surface area contributed by atoms with Gasteiger partial charge in [0.25, 0.3) is 0 Å². The zero-order valence-corrected chi connectivity index (χ0v) is 9.39. The van der Waals surface area contributed by atoms with E-state index in [1.165, 1.54) is 12.4 Å². The van der Waals surface area contributed by atoms with Crippen molar-refractivity contribution in [3.63, 3.8) is 0 Å². The fourth-order valence-corrected chi connectivity index (χ4v) is 1.69. The molecule has 1 aromatic heterocycles. The molecule has 0 bridgehead atoms. The molecule has 0 fully saturated rings. The molecule has 17 heavy (non-hydrogen) atoms. The summed E-state index contributed by atoms with van der Waals surface area (Å²) in [6.07, 6.45) is 4.64. The highest BCUT2D eigenvalue weighted by Gasteiger charge is 2.16. The first kappa shape index (κ1) is 11.6. The molecule has 0 aliphatic carbocycles. The van der Waals surface area contributed by atoms with Crippen LogP contribution in [-0.2, 0) is 0 Å². The minimum absolute atomic E-state index is 0.295. The van der Waals surface area contributed by atoms with Crippen LogP contribution in [0.3, 0.4) is 0 Å². The molecule has 0 aliphatic rings. The van der Waals surface area contributed by atoms with Gasteiger partial charge in [0.2, 0.25) is 0 Å². The summed E-state index contributed by atoms with van der Waals surface area (Å²) in [4.78, 5) is 7.79. The third-order valence-electron chi connectivity index (χ3n) is 2.55. The van der Waals surface area contributed by atoms with E-state index >= 15 is 0 Å². The maximum atomic E-state index is 13.8. The molecule has 4 nitrogen and oxygen atoms in total. The van der Waals surface area contributed by atoms with E-state index in [0.29, 0.717) is 5.56 Å². The Kier molecular flexibility index (Phi) is 3.41. The molecule has 2 aromatic rings. The largest absolute Gasteiger partial charge is 0.271 e. The number of nitrogens with two attached hydrogens (primary N) is 1. The van der Waals surface area contributed by atoms with Crippen LogP contribution in [0.4, 0.5) is 4.39 Å². The Hall–Kier alpha value is -1.85. The average Bonchev–Trinajstić information content (AvgIpc) is 2.34. The molecule has 0 saturated carbocycles. The third kappa shape index (κ3) is 2.46. The van der Waals surface area contributed by atoms with Crippen molar-refractivity contribution in [2.24, 2.45) is 5.84 Å². The molecule has 88 valence electrons. The highest BCUT2D eigenvalue weighted by molar-refractivity contribution is 5.32. The van der Waals surface area contributed by atoms with Crippen LogP contribution in [-0.4, -0.2) is 9.97 Å². The summed E-state index contributed by atoms with van der Waals surface area (Å²) < 4.78 is 13.8. The molecule has 0 amide bonds. The van der Waals surface area contributed by atoms with Gasteiger partial charge >= 0.3 is 0 Å². The minimum atomic E-state index is -0.447. The summed E-state index contributed by atoms with van der Waals surface area (Å²) in [7, 11) is 0. The lowest BCUT2D eigenvalue weighted by Gasteiger charge is -2.16. The normalized spacial score (nSPS) is 12.4. The van der Waals surface area contributed by atoms with Gasteiger partial charge in [-0.3, -0.25) is 5.84 Å². The highest BCUT2D eigenvalue weighted by Crippen LogP contribution is 2.23. The number of aryl methyl sites for hydroxylation is 1. The Balaban J connectivity index is 2.42. The van der Waals surface area contributed by atoms with E-state index in [9.17, 15) is 4.39 Å². The van der Waals surface area contributed by atoms with Gasteiger partial charge in [-0.2, -0.15) is 0 Å². The molecular formula is C12H13FN4. The summed E-state index contributed by atoms with van der Waals surface area (Å²) in [5.41, 5.74) is 4.64. The molecule has 0 radical (unpaired) electrons. The van der Waals surface area contributed by atoms with Gasteiger partial charge in [0.05, 0.1) is 6.04 Å². The first-order chi connectivity index (χ1) is 8.22. The maximum absolute atomic E-state index is 13.8. The van der Waals surface area contributed by atoms with Crippen LogP contribution < -0.4 is 11.3 Å². The van der Waals surface area contributed by atoms with Crippen molar-refractivity contribution in [1.29, 1.82) is 0 Å². The van der Waals surface area contributed by atoms with Crippen molar-refractivity contribution < 1.29 is 4.39 Å². The molecular weight excluding hydrogens is 219 g/mol. The van der Waals surface area contributed by atoms with Crippen molar-refractivity contribution in [3.8, 4) is 0 Å². The number of aromatic nitrogens is 2. The number of rotatable bonds is 3. The van der Waals surface area contributed by atoms with Crippen molar-refractivity contribution in [2.75, 3.05) is 0 Å². The van der Waals surface area contributed by atoms with Gasteiger partial charge in [0, 0.05) is 23.5 Å². The monoisotopic (exact) mass is 232 g/mol. The molecule has 1 unspecified atom stereocenters. The van der Waals surface area contributed by atoms with Crippen molar-refractivity contribution in [2.45, 2.75) is 13.0 Å². The van der Waals surface area contributed by atoms with Crippen LogP contribution in [0.5, 0.6) is 0 Å². The van der Waals surface area contributed by atoms with Gasteiger partial charge in [-0.05, 0) is 18.6 Å². The van der Waals surface area contributed by atoms with Crippen LogP contribution >= 0.6 is 0 Å². The fourth-order valence-electron chi connectivity index (χ4n) is 1.69. The Labute approximate surface area is 98.7 Å². The second-order valence-electron chi connectivity index (χ2n) is 3.80. The van der Waals surface area contributed by atoms with E-state index in [1.807, 2.05) is 13.0 Å². The summed E-state index contributed by atoms with van der Waals surface area (Å²) >= 11 is 0. The van der Waals surface area contributed by atoms with Crippen molar-refractivity contribution in [1.82, 2.24) is 15.4 Å². The lowest BCUT2D eigenvalue weighted by atomic mass is 10.00. The second kappa shape index (κ2) is 4.99. The predicted octanol–water partition coefficient (Wildman–Crippen LogP) is 1.48. The number of hydrazine groups is 1. The molecule has 0 spiro atoms. The molecule has 5 heteroatoms. The second-order valence-corrected chi connectivity index (χ2v) is 3.80. The molecule has 1 heterocycles. The summed E-state index contributed by atoms with van der Waals surface area (Å²) in [6.45, 7) is 1.84. The standard InChI is InChI=1S/C12H13FN4/c1-8-2-3-10(11(13)4-8)12(17-14)9-5-15-7-16-6-9/h2-7,12,17H,14H2,1H3. The summed E-state index contributed by atoms with van der Waals surface area (Å²) in [6, 6.07) is 4.58.